The van der Waals surface area contributed by atoms with Crippen molar-refractivity contribution in [1.29, 1.82) is 0 Å². The summed E-state index contributed by atoms with van der Waals surface area (Å²) in [4.78, 5) is 7.45. The lowest BCUT2D eigenvalue weighted by Crippen LogP contribution is -2.11. The maximum atomic E-state index is 6.59. The van der Waals surface area contributed by atoms with Crippen LogP contribution in [0.15, 0.2) is 167 Å². The van der Waals surface area contributed by atoms with Gasteiger partial charge in [0, 0.05) is 33.1 Å². The number of anilines is 3. The molecule has 0 N–H and O–H groups in total. The van der Waals surface area contributed by atoms with Gasteiger partial charge in [-0.1, -0.05) is 103 Å². The summed E-state index contributed by atoms with van der Waals surface area (Å²) < 4.78 is 12.8. The van der Waals surface area contributed by atoms with E-state index in [0.29, 0.717) is 5.89 Å². The number of rotatable bonds is 5. The van der Waals surface area contributed by atoms with Crippen LogP contribution >= 0.6 is 0 Å². The lowest BCUT2D eigenvalue weighted by Gasteiger charge is -2.26. The normalized spacial score (nSPS) is 11.6. The molecule has 45 heavy (non-hydrogen) atoms. The largest absolute Gasteiger partial charge is 0.456 e. The molecule has 9 aromatic rings. The number of aromatic nitrogens is 1. The molecule has 0 aliphatic carbocycles. The van der Waals surface area contributed by atoms with Gasteiger partial charge in [0.1, 0.15) is 16.7 Å². The number of hydrogen-bond acceptors (Lipinski definition) is 4. The summed E-state index contributed by atoms with van der Waals surface area (Å²) in [6, 6.07) is 54.4. The Morgan fingerprint density at radius 3 is 1.96 bits per heavy atom. The van der Waals surface area contributed by atoms with Crippen LogP contribution in [0.1, 0.15) is 0 Å². The van der Waals surface area contributed by atoms with Gasteiger partial charge in [-0.3, -0.25) is 0 Å². The molecule has 0 radical (unpaired) electrons. The van der Waals surface area contributed by atoms with Gasteiger partial charge in [-0.05, 0) is 71.1 Å². The Hall–Kier alpha value is -6.13. The third kappa shape index (κ3) is 4.27. The Morgan fingerprint density at radius 1 is 0.444 bits per heavy atom. The Labute approximate surface area is 259 Å². The summed E-state index contributed by atoms with van der Waals surface area (Å²) in [5.74, 6) is 0.595. The van der Waals surface area contributed by atoms with Crippen molar-refractivity contribution in [1.82, 2.24) is 4.98 Å². The molecule has 0 spiro atoms. The second kappa shape index (κ2) is 10.2. The number of oxazole rings is 1. The van der Waals surface area contributed by atoms with Gasteiger partial charge in [0.15, 0.2) is 5.58 Å². The monoisotopic (exact) mass is 578 g/mol. The number of nitrogens with zero attached hydrogens (tertiary/aromatic N) is 2. The maximum Gasteiger partial charge on any atom is 0.227 e. The fourth-order valence-corrected chi connectivity index (χ4v) is 6.33. The van der Waals surface area contributed by atoms with Crippen molar-refractivity contribution in [3.05, 3.63) is 158 Å². The van der Waals surface area contributed by atoms with Crippen molar-refractivity contribution in [3.8, 4) is 22.6 Å². The van der Waals surface area contributed by atoms with Crippen molar-refractivity contribution in [2.75, 3.05) is 4.90 Å². The molecule has 0 saturated heterocycles. The molecule has 2 aromatic heterocycles. The van der Waals surface area contributed by atoms with Gasteiger partial charge in [0.05, 0.1) is 5.69 Å². The Morgan fingerprint density at radius 2 is 1.11 bits per heavy atom. The van der Waals surface area contributed by atoms with Crippen LogP contribution in [0.5, 0.6) is 0 Å². The minimum absolute atomic E-state index is 0.595. The van der Waals surface area contributed by atoms with E-state index in [0.717, 1.165) is 77.6 Å². The van der Waals surface area contributed by atoms with Crippen LogP contribution in [0.3, 0.4) is 0 Å². The molecule has 0 atom stereocenters. The first-order valence-corrected chi connectivity index (χ1v) is 15.0. The Bertz CT molecular complexity index is 2490. The molecule has 0 aliphatic rings. The highest BCUT2D eigenvalue weighted by atomic mass is 16.3. The van der Waals surface area contributed by atoms with Crippen molar-refractivity contribution < 1.29 is 8.83 Å². The van der Waals surface area contributed by atoms with Crippen molar-refractivity contribution in [2.24, 2.45) is 0 Å². The van der Waals surface area contributed by atoms with E-state index in [1.807, 2.05) is 54.6 Å². The summed E-state index contributed by atoms with van der Waals surface area (Å²) in [5, 5.41) is 4.26. The lowest BCUT2D eigenvalue weighted by molar-refractivity contribution is 0.623. The average Bonchev–Trinajstić information content (AvgIpc) is 3.72. The molecule has 7 aromatic carbocycles. The molecule has 0 bridgehead atoms. The first kappa shape index (κ1) is 25.4. The third-order valence-corrected chi connectivity index (χ3v) is 8.46. The van der Waals surface area contributed by atoms with E-state index in [1.165, 1.54) is 0 Å². The summed E-state index contributed by atoms with van der Waals surface area (Å²) in [6.07, 6.45) is 0. The fourth-order valence-electron chi connectivity index (χ4n) is 6.33. The predicted octanol–water partition coefficient (Wildman–Crippen LogP) is 11.7. The SMILES string of the molecule is c1ccc(-c2cccc(N(c3ccc4oc5ccccc5c4c3)c3cc4ccccc4c4oc(-c5ccccc5)nc34)c2)cc1. The Kier molecular flexibility index (Phi) is 5.78. The summed E-state index contributed by atoms with van der Waals surface area (Å²) >= 11 is 0. The lowest BCUT2D eigenvalue weighted by atomic mass is 10.0. The molecule has 0 aliphatic heterocycles. The van der Waals surface area contributed by atoms with Crippen molar-refractivity contribution >= 4 is 60.9 Å². The van der Waals surface area contributed by atoms with Crippen LogP contribution in [0.2, 0.25) is 0 Å². The van der Waals surface area contributed by atoms with Crippen LogP contribution in [-0.4, -0.2) is 4.98 Å². The standard InChI is InChI=1S/C41H26N2O2/c1-3-12-27(13-4-1)29-17-11-18-31(24-29)43(32-22-23-38-35(26-32)34-20-9-10-21-37(34)44-38)36-25-30-16-7-8-19-33(30)40-39(36)42-41(45-40)28-14-5-2-6-15-28/h1-26H. The number of benzene rings is 7. The highest BCUT2D eigenvalue weighted by molar-refractivity contribution is 6.12. The summed E-state index contributed by atoms with van der Waals surface area (Å²) in [7, 11) is 0. The van der Waals surface area contributed by atoms with Gasteiger partial charge < -0.3 is 13.7 Å². The van der Waals surface area contributed by atoms with Gasteiger partial charge in [-0.2, -0.15) is 0 Å². The minimum Gasteiger partial charge on any atom is -0.456 e. The van der Waals surface area contributed by atoms with Crippen LogP contribution < -0.4 is 4.90 Å². The Balaban J connectivity index is 1.35. The van der Waals surface area contributed by atoms with Crippen LogP contribution in [0.4, 0.5) is 17.1 Å². The quantitative estimate of drug-likeness (QED) is 0.204. The van der Waals surface area contributed by atoms with Gasteiger partial charge >= 0.3 is 0 Å². The second-order valence-corrected chi connectivity index (χ2v) is 11.2. The van der Waals surface area contributed by atoms with E-state index in [2.05, 4.69) is 108 Å². The minimum atomic E-state index is 0.595. The van der Waals surface area contributed by atoms with E-state index in [1.54, 1.807) is 0 Å². The van der Waals surface area contributed by atoms with E-state index >= 15 is 0 Å². The molecule has 2 heterocycles. The topological polar surface area (TPSA) is 42.4 Å². The van der Waals surface area contributed by atoms with Gasteiger partial charge in [-0.15, -0.1) is 0 Å². The second-order valence-electron chi connectivity index (χ2n) is 11.2. The smallest absolute Gasteiger partial charge is 0.227 e. The number of fused-ring (bicyclic) bond motifs is 6. The van der Waals surface area contributed by atoms with E-state index in [4.69, 9.17) is 13.8 Å². The van der Waals surface area contributed by atoms with Crippen molar-refractivity contribution in [3.63, 3.8) is 0 Å². The zero-order valence-electron chi connectivity index (χ0n) is 24.2. The van der Waals surface area contributed by atoms with Crippen LogP contribution in [0.25, 0.3) is 66.4 Å². The molecular weight excluding hydrogens is 552 g/mol. The maximum absolute atomic E-state index is 6.59. The highest BCUT2D eigenvalue weighted by Gasteiger charge is 2.23. The molecule has 212 valence electrons. The van der Waals surface area contributed by atoms with E-state index < -0.39 is 0 Å². The average molecular weight is 579 g/mol. The molecule has 0 fully saturated rings. The number of furan rings is 1. The van der Waals surface area contributed by atoms with E-state index in [9.17, 15) is 0 Å². The molecule has 9 rings (SSSR count). The van der Waals surface area contributed by atoms with Gasteiger partial charge in [0.25, 0.3) is 0 Å². The molecule has 0 unspecified atom stereocenters. The van der Waals surface area contributed by atoms with Crippen LogP contribution in [0, 0.1) is 0 Å². The predicted molar refractivity (Wildman–Crippen MR) is 184 cm³/mol. The summed E-state index contributed by atoms with van der Waals surface area (Å²) in [6.45, 7) is 0. The first-order valence-electron chi connectivity index (χ1n) is 15.0. The van der Waals surface area contributed by atoms with Crippen LogP contribution in [-0.2, 0) is 0 Å². The zero-order chi connectivity index (χ0) is 29.7. The molecular formula is C41H26N2O2. The first-order chi connectivity index (χ1) is 22.3. The van der Waals surface area contributed by atoms with E-state index in [-0.39, 0.29) is 0 Å². The molecule has 0 amide bonds. The fraction of sp³-hybridized carbons (Fsp3) is 0. The molecule has 0 saturated carbocycles. The van der Waals surface area contributed by atoms with Crippen molar-refractivity contribution in [2.45, 2.75) is 0 Å². The molecule has 4 nitrogen and oxygen atoms in total. The number of hydrogen-bond donors (Lipinski definition) is 0. The zero-order valence-corrected chi connectivity index (χ0v) is 24.2. The summed E-state index contributed by atoms with van der Waals surface area (Å²) in [5.41, 5.74) is 9.48. The third-order valence-electron chi connectivity index (χ3n) is 8.46. The van der Waals surface area contributed by atoms with Gasteiger partial charge in [-0.25, -0.2) is 4.98 Å². The number of para-hydroxylation sites is 1. The van der Waals surface area contributed by atoms with Gasteiger partial charge in [0.2, 0.25) is 5.89 Å². The highest BCUT2D eigenvalue weighted by Crippen LogP contribution is 2.45. The molecule has 4 heteroatoms.